The first-order chi connectivity index (χ1) is 17.5. The van der Waals surface area contributed by atoms with Gasteiger partial charge < -0.3 is 19.5 Å². The number of anilines is 1. The minimum absolute atomic E-state index is 0.206. The lowest BCUT2D eigenvalue weighted by Crippen LogP contribution is -2.32. The molecule has 0 spiro atoms. The molecule has 9 heteroatoms. The molecule has 0 aliphatic rings. The number of hydrogen-bond acceptors (Lipinski definition) is 6. The third-order valence-electron chi connectivity index (χ3n) is 5.01. The van der Waals surface area contributed by atoms with Crippen molar-refractivity contribution >= 4 is 35.3 Å². The van der Waals surface area contributed by atoms with Gasteiger partial charge in [-0.1, -0.05) is 49.2 Å². The summed E-state index contributed by atoms with van der Waals surface area (Å²) in [6, 6.07) is 19.4. The average Bonchev–Trinajstić information content (AvgIpc) is 2.89. The Kier molecular flexibility index (Phi) is 10.1. The molecule has 188 valence electrons. The van der Waals surface area contributed by atoms with E-state index in [2.05, 4.69) is 22.8 Å². The topological polar surface area (TPSA) is 98.2 Å². The normalized spacial score (nSPS) is 10.6. The van der Waals surface area contributed by atoms with Gasteiger partial charge in [-0.05, 0) is 48.9 Å². The van der Waals surface area contributed by atoms with Gasteiger partial charge in [0.1, 0.15) is 12.4 Å². The lowest BCUT2D eigenvalue weighted by molar-refractivity contribution is -0.136. The molecule has 0 radical (unpaired) electrons. The van der Waals surface area contributed by atoms with Gasteiger partial charge in [0, 0.05) is 21.8 Å². The zero-order valence-electron chi connectivity index (χ0n) is 20.1. The van der Waals surface area contributed by atoms with Crippen molar-refractivity contribution in [2.45, 2.75) is 26.4 Å². The molecule has 3 aromatic rings. The standard InChI is InChI=1S/C27H28ClN3O5/c1-3-4-16-35-22-14-12-21(13-15-22)30-26(32)27(33)31-29-17-19-9-7-11-24(34-2)25(19)36-18-20-8-5-6-10-23(20)28/h5-15,17H,3-4,16,18H2,1-2H3,(H,30,32)(H,31,33)/b29-17-. The molecule has 0 aliphatic heterocycles. The Morgan fingerprint density at radius 1 is 0.972 bits per heavy atom. The Hall–Kier alpha value is -4.04. The molecule has 0 unspecified atom stereocenters. The number of halogens is 1. The van der Waals surface area contributed by atoms with Gasteiger partial charge in [0.25, 0.3) is 0 Å². The van der Waals surface area contributed by atoms with Crippen molar-refractivity contribution in [3.63, 3.8) is 0 Å². The van der Waals surface area contributed by atoms with Gasteiger partial charge in [-0.15, -0.1) is 0 Å². The van der Waals surface area contributed by atoms with Crippen LogP contribution in [0.3, 0.4) is 0 Å². The average molecular weight is 510 g/mol. The number of methoxy groups -OCH3 is 1. The van der Waals surface area contributed by atoms with E-state index in [1.54, 1.807) is 48.5 Å². The predicted octanol–water partition coefficient (Wildman–Crippen LogP) is 5.20. The van der Waals surface area contributed by atoms with Crippen molar-refractivity contribution in [3.05, 3.63) is 82.9 Å². The molecule has 0 aliphatic carbocycles. The minimum Gasteiger partial charge on any atom is -0.494 e. The van der Waals surface area contributed by atoms with Gasteiger partial charge in [-0.2, -0.15) is 5.10 Å². The van der Waals surface area contributed by atoms with E-state index < -0.39 is 11.8 Å². The van der Waals surface area contributed by atoms with Crippen LogP contribution in [0.4, 0.5) is 5.69 Å². The molecule has 0 atom stereocenters. The number of benzene rings is 3. The monoisotopic (exact) mass is 509 g/mol. The summed E-state index contributed by atoms with van der Waals surface area (Å²) >= 11 is 6.21. The van der Waals surface area contributed by atoms with E-state index >= 15 is 0 Å². The Bertz CT molecular complexity index is 1200. The lowest BCUT2D eigenvalue weighted by Gasteiger charge is -2.13. The summed E-state index contributed by atoms with van der Waals surface area (Å²) in [5, 5.41) is 7.01. The van der Waals surface area contributed by atoms with Crippen LogP contribution in [0.2, 0.25) is 5.02 Å². The second kappa shape index (κ2) is 13.7. The summed E-state index contributed by atoms with van der Waals surface area (Å²) in [6.07, 6.45) is 3.38. The van der Waals surface area contributed by atoms with Crippen LogP contribution >= 0.6 is 11.6 Å². The fraction of sp³-hybridized carbons (Fsp3) is 0.222. The second-order valence-corrected chi connectivity index (χ2v) is 8.05. The molecule has 0 bridgehead atoms. The van der Waals surface area contributed by atoms with E-state index in [-0.39, 0.29) is 6.61 Å². The first-order valence-electron chi connectivity index (χ1n) is 11.4. The highest BCUT2D eigenvalue weighted by molar-refractivity contribution is 6.39. The van der Waals surface area contributed by atoms with Crippen molar-refractivity contribution in [3.8, 4) is 17.2 Å². The summed E-state index contributed by atoms with van der Waals surface area (Å²) in [6.45, 7) is 2.92. The minimum atomic E-state index is -0.920. The third-order valence-corrected chi connectivity index (χ3v) is 5.38. The maximum Gasteiger partial charge on any atom is 0.329 e. The predicted molar refractivity (Wildman–Crippen MR) is 140 cm³/mol. The van der Waals surface area contributed by atoms with E-state index in [0.717, 1.165) is 18.4 Å². The summed E-state index contributed by atoms with van der Waals surface area (Å²) in [4.78, 5) is 24.4. The summed E-state index contributed by atoms with van der Waals surface area (Å²) in [5.74, 6) is -0.175. The molecule has 0 saturated carbocycles. The molecule has 2 amide bonds. The van der Waals surface area contributed by atoms with Crippen LogP contribution in [0.5, 0.6) is 17.2 Å². The lowest BCUT2D eigenvalue weighted by atomic mass is 10.2. The molecular weight excluding hydrogens is 482 g/mol. The summed E-state index contributed by atoms with van der Waals surface area (Å²) in [5.41, 5.74) is 4.03. The summed E-state index contributed by atoms with van der Waals surface area (Å²) < 4.78 is 16.9. The second-order valence-electron chi connectivity index (χ2n) is 7.64. The number of hydrogen-bond donors (Lipinski definition) is 2. The Balaban J connectivity index is 1.59. The maximum atomic E-state index is 12.2. The van der Waals surface area contributed by atoms with Crippen molar-refractivity contribution in [1.29, 1.82) is 0 Å². The third kappa shape index (κ3) is 7.74. The Morgan fingerprint density at radius 3 is 2.47 bits per heavy atom. The van der Waals surface area contributed by atoms with Crippen LogP contribution in [-0.2, 0) is 16.2 Å². The van der Waals surface area contributed by atoms with E-state index in [4.69, 9.17) is 25.8 Å². The number of ether oxygens (including phenoxy) is 3. The molecule has 0 fully saturated rings. The molecule has 2 N–H and O–H groups in total. The van der Waals surface area contributed by atoms with Gasteiger partial charge in [0.2, 0.25) is 0 Å². The summed E-state index contributed by atoms with van der Waals surface area (Å²) in [7, 11) is 1.52. The number of unbranched alkanes of at least 4 members (excludes halogenated alkanes) is 1. The molecular formula is C27H28ClN3O5. The zero-order chi connectivity index (χ0) is 25.8. The molecule has 0 aromatic heterocycles. The SMILES string of the molecule is CCCCOc1ccc(NC(=O)C(=O)N/N=C\c2cccc(OC)c2OCc2ccccc2Cl)cc1. The number of hydrazone groups is 1. The highest BCUT2D eigenvalue weighted by Gasteiger charge is 2.14. The Labute approximate surface area is 215 Å². The number of para-hydroxylation sites is 1. The highest BCUT2D eigenvalue weighted by Crippen LogP contribution is 2.31. The van der Waals surface area contributed by atoms with Gasteiger partial charge >= 0.3 is 11.8 Å². The van der Waals surface area contributed by atoms with Crippen LogP contribution < -0.4 is 25.0 Å². The number of carbonyl (C=O) groups is 2. The first kappa shape index (κ1) is 26.6. The quantitative estimate of drug-likeness (QED) is 0.160. The van der Waals surface area contributed by atoms with E-state index in [0.29, 0.717) is 40.1 Å². The smallest absolute Gasteiger partial charge is 0.329 e. The van der Waals surface area contributed by atoms with Crippen LogP contribution in [0, 0.1) is 0 Å². The number of nitrogens with zero attached hydrogens (tertiary/aromatic N) is 1. The largest absolute Gasteiger partial charge is 0.494 e. The van der Waals surface area contributed by atoms with Crippen LogP contribution in [0.1, 0.15) is 30.9 Å². The highest BCUT2D eigenvalue weighted by atomic mass is 35.5. The van der Waals surface area contributed by atoms with Crippen molar-refractivity contribution in [1.82, 2.24) is 5.43 Å². The molecule has 3 rings (SSSR count). The fourth-order valence-corrected chi connectivity index (χ4v) is 3.27. The molecule has 3 aromatic carbocycles. The van der Waals surface area contributed by atoms with Gasteiger partial charge in [-0.25, -0.2) is 5.43 Å². The van der Waals surface area contributed by atoms with Crippen molar-refractivity contribution < 1.29 is 23.8 Å². The Morgan fingerprint density at radius 2 is 1.75 bits per heavy atom. The van der Waals surface area contributed by atoms with Crippen LogP contribution in [-0.4, -0.2) is 31.7 Å². The van der Waals surface area contributed by atoms with E-state index in [9.17, 15) is 9.59 Å². The molecule has 0 saturated heterocycles. The van der Waals surface area contributed by atoms with E-state index in [1.807, 2.05) is 18.2 Å². The maximum absolute atomic E-state index is 12.2. The van der Waals surface area contributed by atoms with Gasteiger partial charge in [-0.3, -0.25) is 9.59 Å². The zero-order valence-corrected chi connectivity index (χ0v) is 20.9. The fourth-order valence-electron chi connectivity index (χ4n) is 3.08. The van der Waals surface area contributed by atoms with Crippen LogP contribution in [0.25, 0.3) is 0 Å². The molecule has 8 nitrogen and oxygen atoms in total. The van der Waals surface area contributed by atoms with Crippen molar-refractivity contribution in [2.75, 3.05) is 19.0 Å². The van der Waals surface area contributed by atoms with Gasteiger partial charge in [0.05, 0.1) is 19.9 Å². The van der Waals surface area contributed by atoms with Crippen LogP contribution in [0.15, 0.2) is 71.8 Å². The van der Waals surface area contributed by atoms with E-state index in [1.165, 1.54) is 13.3 Å². The number of carbonyl (C=O) groups excluding carboxylic acids is 2. The first-order valence-corrected chi connectivity index (χ1v) is 11.8. The number of amides is 2. The number of nitrogens with one attached hydrogen (secondary N) is 2. The molecule has 0 heterocycles. The van der Waals surface area contributed by atoms with Crippen molar-refractivity contribution in [2.24, 2.45) is 5.10 Å². The number of rotatable bonds is 11. The van der Waals surface area contributed by atoms with Gasteiger partial charge in [0.15, 0.2) is 11.5 Å². The molecule has 36 heavy (non-hydrogen) atoms.